The van der Waals surface area contributed by atoms with Gasteiger partial charge in [0, 0.05) is 24.3 Å². The number of ether oxygens (including phenoxy) is 2. The molecule has 1 fully saturated rings. The molecule has 1 saturated heterocycles. The summed E-state index contributed by atoms with van der Waals surface area (Å²) in [4.78, 5) is 1.69. The summed E-state index contributed by atoms with van der Waals surface area (Å²) in [7, 11) is 1.76. The first-order chi connectivity index (χ1) is 12.3. The van der Waals surface area contributed by atoms with Crippen LogP contribution in [0.25, 0.3) is 0 Å². The Labute approximate surface area is 155 Å². The van der Waals surface area contributed by atoms with Crippen molar-refractivity contribution in [2.75, 3.05) is 33.4 Å². The van der Waals surface area contributed by atoms with Gasteiger partial charge in [0.1, 0.15) is 11.5 Å². The summed E-state index contributed by atoms with van der Waals surface area (Å²) in [6.07, 6.45) is 3.54. The smallest absolute Gasteiger partial charge is 0.122 e. The van der Waals surface area contributed by atoms with E-state index in [0.29, 0.717) is 5.92 Å². The van der Waals surface area contributed by atoms with Gasteiger partial charge in [-0.3, -0.25) is 0 Å². The Balaban J connectivity index is 1.38. The largest absolute Gasteiger partial charge is 0.496 e. The highest BCUT2D eigenvalue weighted by Gasteiger charge is 2.24. The van der Waals surface area contributed by atoms with E-state index < -0.39 is 0 Å². The van der Waals surface area contributed by atoms with E-state index in [0.717, 1.165) is 29.5 Å². The standard InChI is InChI=1S/C21H26ClNO2/c1-24-21-6-3-2-5-20(21)17-11-14-23(15-12-17)13-4-16-25-19-9-7-18(22)8-10-19/h2-3,5-10,17H,4,11-16H2,1H3/p+1. The minimum atomic E-state index is 0.630. The zero-order chi connectivity index (χ0) is 17.5. The molecule has 2 aromatic carbocycles. The quantitative estimate of drug-likeness (QED) is 0.763. The van der Waals surface area contributed by atoms with Crippen LogP contribution in [0.5, 0.6) is 11.5 Å². The van der Waals surface area contributed by atoms with Crippen molar-refractivity contribution in [3.8, 4) is 11.5 Å². The van der Waals surface area contributed by atoms with Gasteiger partial charge in [0.15, 0.2) is 0 Å². The van der Waals surface area contributed by atoms with Crippen molar-refractivity contribution in [3.63, 3.8) is 0 Å². The highest BCUT2D eigenvalue weighted by atomic mass is 35.5. The van der Waals surface area contributed by atoms with Gasteiger partial charge in [0.05, 0.1) is 33.4 Å². The normalized spacial score (nSPS) is 20.2. The number of halogens is 1. The maximum Gasteiger partial charge on any atom is 0.122 e. The number of hydrogen-bond donors (Lipinski definition) is 1. The molecule has 0 amide bonds. The Bertz CT molecular complexity index is 651. The lowest BCUT2D eigenvalue weighted by Crippen LogP contribution is -3.13. The summed E-state index contributed by atoms with van der Waals surface area (Å²) in [5, 5.41) is 0.745. The van der Waals surface area contributed by atoms with Gasteiger partial charge in [0.2, 0.25) is 0 Å². The van der Waals surface area contributed by atoms with Crippen LogP contribution < -0.4 is 14.4 Å². The summed E-state index contributed by atoms with van der Waals surface area (Å²) in [5.74, 6) is 2.56. The molecule has 0 unspecified atom stereocenters. The minimum Gasteiger partial charge on any atom is -0.496 e. The van der Waals surface area contributed by atoms with E-state index in [1.165, 1.54) is 38.0 Å². The average Bonchev–Trinajstić information content (AvgIpc) is 2.67. The Morgan fingerprint density at radius 2 is 1.76 bits per heavy atom. The zero-order valence-corrected chi connectivity index (χ0v) is 15.6. The average molecular weight is 361 g/mol. The van der Waals surface area contributed by atoms with Gasteiger partial charge in [0.25, 0.3) is 0 Å². The number of methoxy groups -OCH3 is 1. The van der Waals surface area contributed by atoms with E-state index in [4.69, 9.17) is 21.1 Å². The maximum absolute atomic E-state index is 5.88. The molecule has 3 rings (SSSR count). The Kier molecular flexibility index (Phi) is 6.60. The van der Waals surface area contributed by atoms with Gasteiger partial charge in [-0.15, -0.1) is 0 Å². The lowest BCUT2D eigenvalue weighted by Gasteiger charge is -2.30. The third kappa shape index (κ3) is 5.13. The molecule has 3 nitrogen and oxygen atoms in total. The van der Waals surface area contributed by atoms with Crippen molar-refractivity contribution in [1.82, 2.24) is 0 Å². The van der Waals surface area contributed by atoms with Crippen LogP contribution >= 0.6 is 11.6 Å². The second kappa shape index (κ2) is 9.12. The molecule has 4 heteroatoms. The molecule has 0 saturated carbocycles. The molecular weight excluding hydrogens is 334 g/mol. The summed E-state index contributed by atoms with van der Waals surface area (Å²) >= 11 is 5.88. The highest BCUT2D eigenvalue weighted by molar-refractivity contribution is 6.30. The fraction of sp³-hybridized carbons (Fsp3) is 0.429. The molecule has 0 bridgehead atoms. The van der Waals surface area contributed by atoms with E-state index in [1.54, 1.807) is 12.0 Å². The molecule has 1 heterocycles. The van der Waals surface area contributed by atoms with E-state index >= 15 is 0 Å². The fourth-order valence-electron chi connectivity index (χ4n) is 3.63. The molecule has 0 radical (unpaired) electrons. The molecule has 1 aliphatic heterocycles. The predicted molar refractivity (Wildman–Crippen MR) is 102 cm³/mol. The number of para-hydroxylation sites is 1. The number of rotatable bonds is 7. The van der Waals surface area contributed by atoms with E-state index in [-0.39, 0.29) is 0 Å². The van der Waals surface area contributed by atoms with Gasteiger partial charge in [-0.1, -0.05) is 29.8 Å². The van der Waals surface area contributed by atoms with Gasteiger partial charge in [-0.25, -0.2) is 0 Å². The van der Waals surface area contributed by atoms with Gasteiger partial charge >= 0.3 is 0 Å². The van der Waals surface area contributed by atoms with Crippen LogP contribution in [0.3, 0.4) is 0 Å². The summed E-state index contributed by atoms with van der Waals surface area (Å²) in [6, 6.07) is 16.0. The van der Waals surface area contributed by atoms with Crippen LogP contribution in [0.4, 0.5) is 0 Å². The molecule has 134 valence electrons. The topological polar surface area (TPSA) is 22.9 Å². The van der Waals surface area contributed by atoms with Crippen molar-refractivity contribution in [3.05, 3.63) is 59.1 Å². The number of likely N-dealkylation sites (tertiary alicyclic amines) is 1. The Morgan fingerprint density at radius 3 is 2.48 bits per heavy atom. The molecule has 0 spiro atoms. The third-order valence-electron chi connectivity index (χ3n) is 5.03. The summed E-state index contributed by atoms with van der Waals surface area (Å²) in [5.41, 5.74) is 1.37. The lowest BCUT2D eigenvalue weighted by molar-refractivity contribution is -0.905. The summed E-state index contributed by atoms with van der Waals surface area (Å²) < 4.78 is 11.3. The number of piperidine rings is 1. The first kappa shape index (κ1) is 18.1. The molecule has 0 aromatic heterocycles. The second-order valence-electron chi connectivity index (χ2n) is 6.67. The van der Waals surface area contributed by atoms with Crippen LogP contribution in [0.1, 0.15) is 30.7 Å². The maximum atomic E-state index is 5.88. The molecular formula is C21H27ClNO2+. The van der Waals surface area contributed by atoms with Crippen LogP contribution in [0.15, 0.2) is 48.5 Å². The first-order valence-electron chi connectivity index (χ1n) is 9.11. The number of hydrogen-bond acceptors (Lipinski definition) is 2. The van der Waals surface area contributed by atoms with Crippen molar-refractivity contribution >= 4 is 11.6 Å². The number of benzene rings is 2. The highest BCUT2D eigenvalue weighted by Crippen LogP contribution is 2.31. The minimum absolute atomic E-state index is 0.630. The van der Waals surface area contributed by atoms with Crippen molar-refractivity contribution in [2.45, 2.75) is 25.2 Å². The van der Waals surface area contributed by atoms with Crippen LogP contribution in [0.2, 0.25) is 5.02 Å². The van der Waals surface area contributed by atoms with Crippen molar-refractivity contribution < 1.29 is 14.4 Å². The van der Waals surface area contributed by atoms with Gasteiger partial charge < -0.3 is 14.4 Å². The van der Waals surface area contributed by atoms with Gasteiger partial charge in [-0.05, 0) is 41.8 Å². The third-order valence-corrected chi connectivity index (χ3v) is 5.28. The molecule has 2 aromatic rings. The lowest BCUT2D eigenvalue weighted by atomic mass is 9.89. The molecule has 0 atom stereocenters. The van der Waals surface area contributed by atoms with Crippen molar-refractivity contribution in [2.24, 2.45) is 0 Å². The Morgan fingerprint density at radius 1 is 1.04 bits per heavy atom. The van der Waals surface area contributed by atoms with Crippen LogP contribution in [-0.4, -0.2) is 33.4 Å². The molecule has 0 aliphatic carbocycles. The van der Waals surface area contributed by atoms with E-state index in [9.17, 15) is 0 Å². The zero-order valence-electron chi connectivity index (χ0n) is 14.8. The predicted octanol–water partition coefficient (Wildman–Crippen LogP) is 3.58. The second-order valence-corrected chi connectivity index (χ2v) is 7.11. The monoisotopic (exact) mass is 360 g/mol. The van der Waals surface area contributed by atoms with Crippen molar-refractivity contribution in [1.29, 1.82) is 0 Å². The Hall–Kier alpha value is -1.71. The first-order valence-corrected chi connectivity index (χ1v) is 9.49. The molecule has 1 aliphatic rings. The SMILES string of the molecule is COc1ccccc1C1CC[NH+](CCCOc2ccc(Cl)cc2)CC1. The molecule has 1 N–H and O–H groups in total. The molecule has 25 heavy (non-hydrogen) atoms. The number of quaternary nitrogens is 1. The van der Waals surface area contributed by atoms with Gasteiger partial charge in [-0.2, -0.15) is 0 Å². The van der Waals surface area contributed by atoms with E-state index in [2.05, 4.69) is 18.2 Å². The van der Waals surface area contributed by atoms with Crippen LogP contribution in [-0.2, 0) is 0 Å². The number of nitrogens with one attached hydrogen (secondary N) is 1. The summed E-state index contributed by atoms with van der Waals surface area (Å²) in [6.45, 7) is 4.39. The van der Waals surface area contributed by atoms with E-state index in [1.807, 2.05) is 30.3 Å². The van der Waals surface area contributed by atoms with Crippen LogP contribution in [0, 0.1) is 0 Å². The fourth-order valence-corrected chi connectivity index (χ4v) is 3.76.